The van der Waals surface area contributed by atoms with E-state index in [2.05, 4.69) is 4.98 Å². The highest BCUT2D eigenvalue weighted by Gasteiger charge is 2.19. The van der Waals surface area contributed by atoms with E-state index in [1.165, 1.54) is 7.11 Å². The van der Waals surface area contributed by atoms with Gasteiger partial charge in [-0.15, -0.1) is 0 Å². The van der Waals surface area contributed by atoms with Crippen LogP contribution >= 0.6 is 11.6 Å². The Bertz CT molecular complexity index is 1650. The summed E-state index contributed by atoms with van der Waals surface area (Å²) in [7, 11) is 3.07. The van der Waals surface area contributed by atoms with Gasteiger partial charge in [-0.25, -0.2) is 9.36 Å². The number of ether oxygens (including phenoxy) is 2. The third-order valence-corrected chi connectivity index (χ3v) is 6.00. The molecule has 5 aromatic rings. The van der Waals surface area contributed by atoms with Crippen LogP contribution in [0.25, 0.3) is 38.5 Å². The number of aromatic nitrogens is 2. The van der Waals surface area contributed by atoms with Gasteiger partial charge in [0.15, 0.2) is 0 Å². The minimum absolute atomic E-state index is 0.314. The highest BCUT2D eigenvalue weighted by molar-refractivity contribution is 6.34. The van der Waals surface area contributed by atoms with Gasteiger partial charge in [-0.05, 0) is 35.7 Å². The Morgan fingerprint density at radius 1 is 0.818 bits per heavy atom. The molecule has 164 valence electrons. The molecule has 1 N–H and O–H groups in total. The first-order valence-corrected chi connectivity index (χ1v) is 10.6. The van der Waals surface area contributed by atoms with Crippen LogP contribution in [0.4, 0.5) is 0 Å². The molecule has 0 fully saturated rings. The van der Waals surface area contributed by atoms with Crippen molar-refractivity contribution in [2.24, 2.45) is 0 Å². The topological polar surface area (TPSA) is 73.3 Å². The van der Waals surface area contributed by atoms with Crippen LogP contribution in [0.5, 0.6) is 11.5 Å². The highest BCUT2D eigenvalue weighted by Crippen LogP contribution is 2.42. The molecule has 33 heavy (non-hydrogen) atoms. The summed E-state index contributed by atoms with van der Waals surface area (Å²) in [5, 5.41) is 2.50. The first kappa shape index (κ1) is 20.8. The van der Waals surface area contributed by atoms with Crippen molar-refractivity contribution in [3.63, 3.8) is 0 Å². The molecule has 0 bridgehead atoms. The molecule has 1 heterocycles. The third kappa shape index (κ3) is 3.36. The maximum absolute atomic E-state index is 13.5. The molecule has 0 aliphatic rings. The molecule has 5 rings (SSSR count). The average Bonchev–Trinajstić information content (AvgIpc) is 2.83. The quantitative estimate of drug-likeness (QED) is 0.403. The van der Waals surface area contributed by atoms with E-state index in [4.69, 9.17) is 21.1 Å². The predicted molar refractivity (Wildman–Crippen MR) is 131 cm³/mol. The maximum atomic E-state index is 13.5. The van der Waals surface area contributed by atoms with Crippen molar-refractivity contribution < 1.29 is 9.47 Å². The number of halogens is 1. The van der Waals surface area contributed by atoms with E-state index < -0.39 is 11.2 Å². The van der Waals surface area contributed by atoms with Gasteiger partial charge >= 0.3 is 5.69 Å². The number of methoxy groups -OCH3 is 2. The molecule has 0 saturated carbocycles. The van der Waals surface area contributed by atoms with Gasteiger partial charge in [0.1, 0.15) is 11.5 Å². The largest absolute Gasteiger partial charge is 0.496 e. The number of hydrogen-bond donors (Lipinski definition) is 1. The Balaban J connectivity index is 1.83. The fourth-order valence-corrected chi connectivity index (χ4v) is 4.43. The van der Waals surface area contributed by atoms with Crippen molar-refractivity contribution in [1.29, 1.82) is 0 Å². The molecule has 0 amide bonds. The highest BCUT2D eigenvalue weighted by atomic mass is 35.5. The van der Waals surface area contributed by atoms with E-state index in [0.717, 1.165) is 15.3 Å². The second-order valence-corrected chi connectivity index (χ2v) is 7.89. The van der Waals surface area contributed by atoms with Crippen LogP contribution in [0.3, 0.4) is 0 Å². The van der Waals surface area contributed by atoms with Crippen LogP contribution < -0.4 is 20.7 Å². The number of benzene rings is 4. The number of nitrogens with one attached hydrogen (secondary N) is 1. The summed E-state index contributed by atoms with van der Waals surface area (Å²) >= 11 is 6.47. The van der Waals surface area contributed by atoms with Crippen molar-refractivity contribution in [2.75, 3.05) is 14.2 Å². The lowest BCUT2D eigenvalue weighted by atomic mass is 10.0. The van der Waals surface area contributed by atoms with E-state index in [0.29, 0.717) is 44.2 Å². The SMILES string of the molecule is COc1cc2c(=O)n(-c3cccc4ccccc34)c(=O)[nH]c2cc1-c1c(Cl)cccc1OC. The van der Waals surface area contributed by atoms with Gasteiger partial charge in [-0.1, -0.05) is 54.1 Å². The Kier molecular flexibility index (Phi) is 5.15. The number of nitrogens with zero attached hydrogens (tertiary/aromatic N) is 1. The van der Waals surface area contributed by atoms with E-state index in [1.54, 1.807) is 43.5 Å². The molecule has 0 radical (unpaired) electrons. The second-order valence-electron chi connectivity index (χ2n) is 7.48. The Morgan fingerprint density at radius 2 is 1.55 bits per heavy atom. The minimum Gasteiger partial charge on any atom is -0.496 e. The van der Waals surface area contributed by atoms with Gasteiger partial charge in [0, 0.05) is 16.5 Å². The van der Waals surface area contributed by atoms with Crippen LogP contribution in [-0.2, 0) is 0 Å². The van der Waals surface area contributed by atoms with E-state index in [9.17, 15) is 9.59 Å². The van der Waals surface area contributed by atoms with Gasteiger partial charge in [0.25, 0.3) is 5.56 Å². The minimum atomic E-state index is -0.536. The summed E-state index contributed by atoms with van der Waals surface area (Å²) in [5.74, 6) is 0.981. The summed E-state index contributed by atoms with van der Waals surface area (Å²) in [5.41, 5.74) is 1.12. The van der Waals surface area contributed by atoms with Crippen molar-refractivity contribution in [3.05, 3.63) is 98.7 Å². The number of rotatable bonds is 4. The molecule has 0 unspecified atom stereocenters. The zero-order valence-electron chi connectivity index (χ0n) is 17.9. The van der Waals surface area contributed by atoms with Gasteiger partial charge < -0.3 is 14.5 Å². The molecule has 0 aliphatic carbocycles. The fourth-order valence-electron chi connectivity index (χ4n) is 4.17. The lowest BCUT2D eigenvalue weighted by Crippen LogP contribution is -2.33. The normalized spacial score (nSPS) is 11.1. The van der Waals surface area contributed by atoms with Crippen molar-refractivity contribution in [2.45, 2.75) is 0 Å². The van der Waals surface area contributed by atoms with Crippen molar-refractivity contribution in [3.8, 4) is 28.3 Å². The van der Waals surface area contributed by atoms with Crippen molar-refractivity contribution in [1.82, 2.24) is 9.55 Å². The molecule has 4 aromatic carbocycles. The zero-order valence-corrected chi connectivity index (χ0v) is 18.6. The molecule has 0 atom stereocenters. The Morgan fingerprint density at radius 3 is 2.33 bits per heavy atom. The molecule has 1 aromatic heterocycles. The van der Waals surface area contributed by atoms with Gasteiger partial charge in [-0.2, -0.15) is 0 Å². The Labute approximate surface area is 193 Å². The van der Waals surface area contributed by atoms with Crippen molar-refractivity contribution >= 4 is 33.3 Å². The third-order valence-electron chi connectivity index (χ3n) is 5.69. The van der Waals surface area contributed by atoms with Crippen LogP contribution in [-0.4, -0.2) is 23.8 Å². The Hall–Kier alpha value is -4.03. The maximum Gasteiger partial charge on any atom is 0.333 e. The number of aromatic amines is 1. The van der Waals surface area contributed by atoms with Crippen LogP contribution in [0.1, 0.15) is 0 Å². The summed E-state index contributed by atoms with van der Waals surface area (Å²) in [6.07, 6.45) is 0. The fraction of sp³-hybridized carbons (Fsp3) is 0.0769. The van der Waals surface area contributed by atoms with E-state index in [-0.39, 0.29) is 0 Å². The monoisotopic (exact) mass is 458 g/mol. The number of hydrogen-bond acceptors (Lipinski definition) is 4. The number of H-pyrrole nitrogens is 1. The smallest absolute Gasteiger partial charge is 0.333 e. The molecular formula is C26H19ClN2O4. The molecule has 0 saturated heterocycles. The summed E-state index contributed by atoms with van der Waals surface area (Å²) in [6.45, 7) is 0. The van der Waals surface area contributed by atoms with Crippen LogP contribution in [0.2, 0.25) is 5.02 Å². The second kappa shape index (κ2) is 8.15. The molecule has 0 aliphatic heterocycles. The molecule has 0 spiro atoms. The molecule has 6 nitrogen and oxygen atoms in total. The van der Waals surface area contributed by atoms with Gasteiger partial charge in [-0.3, -0.25) is 4.79 Å². The summed E-state index contributed by atoms with van der Waals surface area (Å²) in [4.78, 5) is 29.5. The lowest BCUT2D eigenvalue weighted by molar-refractivity contribution is 0.410. The summed E-state index contributed by atoms with van der Waals surface area (Å²) in [6, 6.07) is 21.7. The lowest BCUT2D eigenvalue weighted by Gasteiger charge is -2.16. The van der Waals surface area contributed by atoms with E-state index >= 15 is 0 Å². The molecular weight excluding hydrogens is 440 g/mol. The van der Waals surface area contributed by atoms with Crippen LogP contribution in [0, 0.1) is 0 Å². The first-order valence-electron chi connectivity index (χ1n) is 10.2. The standard InChI is InChI=1S/C26H19ClN2O4/c1-32-22-12-6-10-19(27)24(22)18-13-20-17(14-23(18)33-2)25(30)29(26(31)28-20)21-11-5-8-15-7-3-4-9-16(15)21/h3-14H,1-2H3,(H,28,31). The zero-order chi connectivity index (χ0) is 23.1. The van der Waals surface area contributed by atoms with Gasteiger partial charge in [0.2, 0.25) is 0 Å². The molecule has 7 heteroatoms. The van der Waals surface area contributed by atoms with Gasteiger partial charge in [0.05, 0.1) is 35.8 Å². The average molecular weight is 459 g/mol. The van der Waals surface area contributed by atoms with E-state index in [1.807, 2.05) is 36.4 Å². The predicted octanol–water partition coefficient (Wildman–Crippen LogP) is 5.17. The van der Waals surface area contributed by atoms with Crippen LogP contribution in [0.15, 0.2) is 82.4 Å². The summed E-state index contributed by atoms with van der Waals surface area (Å²) < 4.78 is 12.2. The first-order chi connectivity index (χ1) is 16.0. The number of fused-ring (bicyclic) bond motifs is 2.